The Balaban J connectivity index is 2.11. The minimum atomic E-state index is -0.350. The third-order valence-electron chi connectivity index (χ3n) is 2.93. The summed E-state index contributed by atoms with van der Waals surface area (Å²) in [6, 6.07) is 1.87. The van der Waals surface area contributed by atoms with Gasteiger partial charge in [0.2, 0.25) is 0 Å². The molecule has 104 valence electrons. The third-order valence-corrected chi connectivity index (χ3v) is 2.93. The number of H-pyrrole nitrogens is 1. The second kappa shape index (κ2) is 5.64. The molecule has 0 atom stereocenters. The lowest BCUT2D eigenvalue weighted by atomic mass is 10.1. The Bertz CT molecular complexity index is 689. The highest BCUT2D eigenvalue weighted by Gasteiger charge is 2.10. The zero-order valence-corrected chi connectivity index (χ0v) is 11.7. The van der Waals surface area contributed by atoms with Crippen LogP contribution in [-0.4, -0.2) is 20.9 Å². The first kappa shape index (κ1) is 13.9. The van der Waals surface area contributed by atoms with Crippen molar-refractivity contribution in [1.29, 1.82) is 0 Å². The fourth-order valence-electron chi connectivity index (χ4n) is 1.87. The maximum absolute atomic E-state index is 11.9. The van der Waals surface area contributed by atoms with E-state index in [1.807, 2.05) is 19.9 Å². The number of pyridine rings is 1. The van der Waals surface area contributed by atoms with Gasteiger partial charge in [-0.1, -0.05) is 0 Å². The third kappa shape index (κ3) is 3.09. The predicted molar refractivity (Wildman–Crippen MR) is 74.5 cm³/mol. The average Bonchev–Trinajstić information content (AvgIpc) is 2.38. The van der Waals surface area contributed by atoms with E-state index in [0.29, 0.717) is 5.56 Å². The number of amides is 1. The van der Waals surface area contributed by atoms with Crippen molar-refractivity contribution in [2.24, 2.45) is 0 Å². The number of aromatic nitrogens is 3. The number of hydrogen-bond donors (Lipinski definition) is 2. The second-order valence-electron chi connectivity index (χ2n) is 4.67. The van der Waals surface area contributed by atoms with Crippen molar-refractivity contribution in [3.63, 3.8) is 0 Å². The molecule has 2 aromatic heterocycles. The van der Waals surface area contributed by atoms with E-state index in [-0.39, 0.29) is 23.7 Å². The van der Waals surface area contributed by atoms with Crippen molar-refractivity contribution in [1.82, 2.24) is 20.3 Å². The maximum Gasteiger partial charge on any atom is 0.271 e. The molecule has 6 nitrogen and oxygen atoms in total. The van der Waals surface area contributed by atoms with Gasteiger partial charge >= 0.3 is 0 Å². The van der Waals surface area contributed by atoms with Gasteiger partial charge in [-0.05, 0) is 32.4 Å². The van der Waals surface area contributed by atoms with E-state index < -0.39 is 0 Å². The van der Waals surface area contributed by atoms with Crippen LogP contribution in [0.2, 0.25) is 0 Å². The molecule has 2 aromatic rings. The summed E-state index contributed by atoms with van der Waals surface area (Å²) in [7, 11) is 0. The van der Waals surface area contributed by atoms with Crippen LogP contribution in [0.1, 0.15) is 33.0 Å². The number of rotatable bonds is 3. The fraction of sp³-hybridized carbons (Fsp3) is 0.286. The standard InChI is InChI=1S/C14H16N4O2/c1-8-4-9(2)18-13(19)11(8)6-17-14(20)12-7-15-10(3)5-16-12/h4-5,7H,6H2,1-3H3,(H,17,20)(H,18,19). The number of nitrogens with zero attached hydrogens (tertiary/aromatic N) is 2. The zero-order chi connectivity index (χ0) is 14.7. The lowest BCUT2D eigenvalue weighted by molar-refractivity contribution is 0.0945. The molecule has 0 bridgehead atoms. The summed E-state index contributed by atoms with van der Waals surface area (Å²) in [5, 5.41) is 2.67. The number of nitrogens with one attached hydrogen (secondary N) is 2. The van der Waals surface area contributed by atoms with Gasteiger partial charge in [0.15, 0.2) is 0 Å². The largest absolute Gasteiger partial charge is 0.346 e. The van der Waals surface area contributed by atoms with Gasteiger partial charge in [0.1, 0.15) is 5.69 Å². The van der Waals surface area contributed by atoms with Gasteiger partial charge in [0.05, 0.1) is 11.9 Å². The van der Waals surface area contributed by atoms with E-state index in [2.05, 4.69) is 20.3 Å². The molecule has 2 rings (SSSR count). The summed E-state index contributed by atoms with van der Waals surface area (Å²) in [4.78, 5) is 34.4. The van der Waals surface area contributed by atoms with Gasteiger partial charge in [0.25, 0.3) is 11.5 Å². The Morgan fingerprint density at radius 3 is 2.60 bits per heavy atom. The lowest BCUT2D eigenvalue weighted by Gasteiger charge is -2.07. The van der Waals surface area contributed by atoms with Crippen molar-refractivity contribution in [3.05, 3.63) is 57.0 Å². The molecule has 0 aromatic carbocycles. The summed E-state index contributed by atoms with van der Waals surface area (Å²) >= 11 is 0. The minimum Gasteiger partial charge on any atom is -0.346 e. The molecular weight excluding hydrogens is 256 g/mol. The summed E-state index contributed by atoms with van der Waals surface area (Å²) < 4.78 is 0. The molecule has 6 heteroatoms. The van der Waals surface area contributed by atoms with Crippen molar-refractivity contribution in [2.75, 3.05) is 0 Å². The van der Waals surface area contributed by atoms with Gasteiger partial charge in [0, 0.05) is 24.0 Å². The Hall–Kier alpha value is -2.50. The molecule has 2 heterocycles. The molecule has 0 aliphatic carbocycles. The SMILES string of the molecule is Cc1cnc(C(=O)NCc2c(C)cc(C)[nH]c2=O)cn1. The summed E-state index contributed by atoms with van der Waals surface area (Å²) in [5.41, 5.74) is 2.99. The van der Waals surface area contributed by atoms with E-state index in [0.717, 1.165) is 17.0 Å². The molecule has 20 heavy (non-hydrogen) atoms. The van der Waals surface area contributed by atoms with Crippen molar-refractivity contribution >= 4 is 5.91 Å². The highest BCUT2D eigenvalue weighted by Crippen LogP contribution is 2.03. The Morgan fingerprint density at radius 2 is 2.00 bits per heavy atom. The molecular formula is C14H16N4O2. The lowest BCUT2D eigenvalue weighted by Crippen LogP contribution is -2.28. The first-order valence-corrected chi connectivity index (χ1v) is 6.23. The van der Waals surface area contributed by atoms with Crippen LogP contribution in [0.3, 0.4) is 0 Å². The Morgan fingerprint density at radius 1 is 1.25 bits per heavy atom. The second-order valence-corrected chi connectivity index (χ2v) is 4.67. The van der Waals surface area contributed by atoms with E-state index in [9.17, 15) is 9.59 Å². The molecule has 0 fully saturated rings. The molecule has 0 spiro atoms. The molecule has 2 N–H and O–H groups in total. The van der Waals surface area contributed by atoms with Gasteiger partial charge < -0.3 is 10.3 Å². The van der Waals surface area contributed by atoms with Gasteiger partial charge in [-0.15, -0.1) is 0 Å². The zero-order valence-electron chi connectivity index (χ0n) is 11.7. The number of aryl methyl sites for hydroxylation is 3. The normalized spacial score (nSPS) is 10.3. The molecule has 0 radical (unpaired) electrons. The van der Waals surface area contributed by atoms with Gasteiger partial charge in [-0.3, -0.25) is 14.6 Å². The first-order valence-electron chi connectivity index (χ1n) is 6.23. The van der Waals surface area contributed by atoms with Crippen LogP contribution < -0.4 is 10.9 Å². The molecule has 0 aliphatic heterocycles. The fourth-order valence-corrected chi connectivity index (χ4v) is 1.87. The van der Waals surface area contributed by atoms with Crippen molar-refractivity contribution in [2.45, 2.75) is 27.3 Å². The molecule has 0 unspecified atom stereocenters. The highest BCUT2D eigenvalue weighted by molar-refractivity contribution is 5.91. The van der Waals surface area contributed by atoms with E-state index in [1.165, 1.54) is 12.4 Å². The van der Waals surface area contributed by atoms with Gasteiger partial charge in [-0.2, -0.15) is 0 Å². The van der Waals surface area contributed by atoms with Crippen LogP contribution in [0.5, 0.6) is 0 Å². The maximum atomic E-state index is 11.9. The molecule has 0 saturated carbocycles. The summed E-state index contributed by atoms with van der Waals surface area (Å²) in [6.07, 6.45) is 2.94. The van der Waals surface area contributed by atoms with Crippen molar-refractivity contribution in [3.8, 4) is 0 Å². The topological polar surface area (TPSA) is 87.7 Å². The van der Waals surface area contributed by atoms with Crippen LogP contribution in [-0.2, 0) is 6.54 Å². The van der Waals surface area contributed by atoms with Crippen LogP contribution in [0.25, 0.3) is 0 Å². The molecule has 0 saturated heterocycles. The van der Waals surface area contributed by atoms with Crippen LogP contribution in [0, 0.1) is 20.8 Å². The number of carbonyl (C=O) groups is 1. The number of hydrogen-bond acceptors (Lipinski definition) is 4. The summed E-state index contributed by atoms with van der Waals surface area (Å²) in [6.45, 7) is 5.62. The van der Waals surface area contributed by atoms with E-state index in [4.69, 9.17) is 0 Å². The van der Waals surface area contributed by atoms with E-state index >= 15 is 0 Å². The van der Waals surface area contributed by atoms with Crippen LogP contribution in [0.15, 0.2) is 23.3 Å². The quantitative estimate of drug-likeness (QED) is 0.873. The Kier molecular flexibility index (Phi) is 3.93. The average molecular weight is 272 g/mol. The minimum absolute atomic E-state index is 0.163. The molecule has 1 amide bonds. The highest BCUT2D eigenvalue weighted by atomic mass is 16.2. The van der Waals surface area contributed by atoms with Crippen LogP contribution in [0.4, 0.5) is 0 Å². The number of aromatic amines is 1. The molecule has 0 aliphatic rings. The Labute approximate surface area is 116 Å². The van der Waals surface area contributed by atoms with Crippen LogP contribution >= 0.6 is 0 Å². The number of carbonyl (C=O) groups excluding carboxylic acids is 1. The van der Waals surface area contributed by atoms with Gasteiger partial charge in [-0.25, -0.2) is 4.98 Å². The predicted octanol–water partition coefficient (Wildman–Crippen LogP) is 1.02. The smallest absolute Gasteiger partial charge is 0.271 e. The first-order chi connectivity index (χ1) is 9.47. The summed E-state index contributed by atoms with van der Waals surface area (Å²) in [5.74, 6) is -0.350. The monoisotopic (exact) mass is 272 g/mol. The van der Waals surface area contributed by atoms with E-state index in [1.54, 1.807) is 6.92 Å². The van der Waals surface area contributed by atoms with Crippen molar-refractivity contribution < 1.29 is 4.79 Å².